The zero-order valence-corrected chi connectivity index (χ0v) is 34.2. The number of unbranched alkanes of at least 4 members (excludes halogenated alkanes) is 19. The van der Waals surface area contributed by atoms with Gasteiger partial charge in [0, 0.05) is 6.42 Å². The fraction of sp³-hybridized carbons (Fsp3) is 0.800. The van der Waals surface area contributed by atoms with Crippen LogP contribution in [-0.4, -0.2) is 87.5 Å². The van der Waals surface area contributed by atoms with Crippen molar-refractivity contribution >= 4 is 5.91 Å². The number of hydrogen-bond donors (Lipinski definition) is 6. The van der Waals surface area contributed by atoms with Crippen molar-refractivity contribution in [1.82, 2.24) is 5.32 Å². The molecule has 54 heavy (non-hydrogen) atoms. The molecular formula is C45H81NO8. The van der Waals surface area contributed by atoms with Crippen molar-refractivity contribution in [1.29, 1.82) is 0 Å². The fourth-order valence-corrected chi connectivity index (χ4v) is 6.52. The molecule has 0 saturated carbocycles. The Morgan fingerprint density at radius 3 is 1.61 bits per heavy atom. The van der Waals surface area contributed by atoms with Crippen LogP contribution in [0.4, 0.5) is 0 Å². The summed E-state index contributed by atoms with van der Waals surface area (Å²) in [5.74, 6) is -0.208. The van der Waals surface area contributed by atoms with Gasteiger partial charge in [-0.1, -0.05) is 152 Å². The highest BCUT2D eigenvalue weighted by Crippen LogP contribution is 2.22. The van der Waals surface area contributed by atoms with E-state index in [1.165, 1.54) is 89.9 Å². The molecule has 0 aromatic carbocycles. The smallest absolute Gasteiger partial charge is 0.220 e. The number of rotatable bonds is 35. The predicted octanol–water partition coefficient (Wildman–Crippen LogP) is 8.67. The van der Waals surface area contributed by atoms with Crippen LogP contribution >= 0.6 is 0 Å². The van der Waals surface area contributed by atoms with Crippen LogP contribution in [0.3, 0.4) is 0 Å². The van der Waals surface area contributed by atoms with Gasteiger partial charge in [0.2, 0.25) is 5.91 Å². The Morgan fingerprint density at radius 2 is 1.07 bits per heavy atom. The van der Waals surface area contributed by atoms with E-state index in [4.69, 9.17) is 9.47 Å². The van der Waals surface area contributed by atoms with Crippen molar-refractivity contribution < 1.29 is 39.8 Å². The minimum absolute atomic E-state index is 0.208. The van der Waals surface area contributed by atoms with Gasteiger partial charge in [-0.15, -0.1) is 0 Å². The Kier molecular flexibility index (Phi) is 33.0. The lowest BCUT2D eigenvalue weighted by atomic mass is 9.99. The molecule has 1 rings (SSSR count). The molecule has 7 unspecified atom stereocenters. The first kappa shape index (κ1) is 50.2. The summed E-state index contributed by atoms with van der Waals surface area (Å²) in [4.78, 5) is 12.9. The lowest BCUT2D eigenvalue weighted by Crippen LogP contribution is -2.60. The molecule has 1 fully saturated rings. The molecule has 1 aliphatic rings. The van der Waals surface area contributed by atoms with Gasteiger partial charge in [0.05, 0.1) is 25.4 Å². The summed E-state index contributed by atoms with van der Waals surface area (Å²) in [5, 5.41) is 54.0. The molecule has 314 valence electrons. The van der Waals surface area contributed by atoms with Gasteiger partial charge in [-0.05, 0) is 64.2 Å². The molecule has 1 amide bonds. The van der Waals surface area contributed by atoms with Gasteiger partial charge in [0.15, 0.2) is 6.29 Å². The molecule has 0 aliphatic carbocycles. The molecule has 0 bridgehead atoms. The Labute approximate surface area is 329 Å². The quantitative estimate of drug-likeness (QED) is 0.0278. The largest absolute Gasteiger partial charge is 0.394 e. The van der Waals surface area contributed by atoms with Crippen LogP contribution in [0, 0.1) is 0 Å². The highest BCUT2D eigenvalue weighted by molar-refractivity contribution is 5.76. The van der Waals surface area contributed by atoms with E-state index in [9.17, 15) is 30.3 Å². The lowest BCUT2D eigenvalue weighted by molar-refractivity contribution is -0.302. The van der Waals surface area contributed by atoms with E-state index in [-0.39, 0.29) is 12.5 Å². The van der Waals surface area contributed by atoms with Crippen molar-refractivity contribution in [2.45, 2.75) is 217 Å². The second-order valence-electron chi connectivity index (χ2n) is 15.1. The maximum atomic E-state index is 12.9. The lowest BCUT2D eigenvalue weighted by Gasteiger charge is -2.40. The van der Waals surface area contributed by atoms with Gasteiger partial charge >= 0.3 is 0 Å². The van der Waals surface area contributed by atoms with Crippen molar-refractivity contribution in [2.75, 3.05) is 13.2 Å². The van der Waals surface area contributed by atoms with Crippen LogP contribution in [0.5, 0.6) is 0 Å². The molecule has 7 atom stereocenters. The van der Waals surface area contributed by atoms with Crippen LogP contribution in [-0.2, 0) is 14.3 Å². The summed E-state index contributed by atoms with van der Waals surface area (Å²) in [6, 6.07) is -0.832. The van der Waals surface area contributed by atoms with Gasteiger partial charge in [-0.2, -0.15) is 0 Å². The molecule has 9 heteroatoms. The number of allylic oxidation sites excluding steroid dienone is 7. The monoisotopic (exact) mass is 764 g/mol. The van der Waals surface area contributed by atoms with Crippen LogP contribution in [0.2, 0.25) is 0 Å². The van der Waals surface area contributed by atoms with Gasteiger partial charge < -0.3 is 40.3 Å². The number of aliphatic hydroxyl groups excluding tert-OH is 5. The molecule has 1 heterocycles. The average Bonchev–Trinajstić information content (AvgIpc) is 3.17. The maximum absolute atomic E-state index is 12.9. The minimum Gasteiger partial charge on any atom is -0.394 e. The highest BCUT2D eigenvalue weighted by atomic mass is 16.7. The van der Waals surface area contributed by atoms with Crippen molar-refractivity contribution in [3.8, 4) is 0 Å². The number of nitrogens with one attached hydrogen (secondary N) is 1. The fourth-order valence-electron chi connectivity index (χ4n) is 6.52. The van der Waals surface area contributed by atoms with Crippen molar-refractivity contribution in [3.05, 3.63) is 48.6 Å². The number of aliphatic hydroxyl groups is 5. The normalized spacial score (nSPS) is 21.9. The average molecular weight is 764 g/mol. The molecule has 6 N–H and O–H groups in total. The first-order valence-corrected chi connectivity index (χ1v) is 21.9. The number of hydrogen-bond acceptors (Lipinski definition) is 8. The third-order valence-corrected chi connectivity index (χ3v) is 10.1. The number of carbonyl (C=O) groups is 1. The minimum atomic E-state index is -1.58. The van der Waals surface area contributed by atoms with E-state index >= 15 is 0 Å². The van der Waals surface area contributed by atoms with E-state index < -0.39 is 49.5 Å². The number of amides is 1. The van der Waals surface area contributed by atoms with Crippen LogP contribution < -0.4 is 5.32 Å². The Balaban J connectivity index is 2.40. The second kappa shape index (κ2) is 35.6. The SMILES string of the molecule is CCCC/C=C\CCCCCCC(=O)NC(COC1OC(CO)C(O)C(O)C1O)C(O)/C=C/CC/C=C/CC/C=C/CCCCCCCCCCCCC. The van der Waals surface area contributed by atoms with Crippen molar-refractivity contribution in [3.63, 3.8) is 0 Å². The number of ether oxygens (including phenoxy) is 2. The predicted molar refractivity (Wildman–Crippen MR) is 221 cm³/mol. The summed E-state index contributed by atoms with van der Waals surface area (Å²) in [5.41, 5.74) is 0. The maximum Gasteiger partial charge on any atom is 0.220 e. The third-order valence-electron chi connectivity index (χ3n) is 10.1. The molecule has 1 aliphatic heterocycles. The molecule has 9 nitrogen and oxygen atoms in total. The topological polar surface area (TPSA) is 149 Å². The zero-order chi connectivity index (χ0) is 39.5. The molecule has 0 aromatic heterocycles. The van der Waals surface area contributed by atoms with E-state index in [0.717, 1.165) is 64.2 Å². The second-order valence-corrected chi connectivity index (χ2v) is 15.1. The zero-order valence-electron chi connectivity index (χ0n) is 34.2. The molecular weight excluding hydrogens is 682 g/mol. The highest BCUT2D eigenvalue weighted by Gasteiger charge is 2.44. The summed E-state index contributed by atoms with van der Waals surface area (Å²) < 4.78 is 11.1. The van der Waals surface area contributed by atoms with Gasteiger partial charge in [-0.25, -0.2) is 0 Å². The summed E-state index contributed by atoms with van der Waals surface area (Å²) >= 11 is 0. The Bertz CT molecular complexity index is 983. The number of carbonyl (C=O) groups excluding carboxylic acids is 1. The van der Waals surface area contributed by atoms with Crippen LogP contribution in [0.15, 0.2) is 48.6 Å². The summed E-state index contributed by atoms with van der Waals surface area (Å²) in [7, 11) is 0. The summed E-state index contributed by atoms with van der Waals surface area (Å²) in [6.45, 7) is 3.68. The van der Waals surface area contributed by atoms with Crippen LogP contribution in [0.1, 0.15) is 174 Å². The molecule has 0 aromatic rings. The van der Waals surface area contributed by atoms with E-state index in [1.54, 1.807) is 6.08 Å². The van der Waals surface area contributed by atoms with Crippen LogP contribution in [0.25, 0.3) is 0 Å². The van der Waals surface area contributed by atoms with Gasteiger partial charge in [0.1, 0.15) is 24.4 Å². The molecule has 1 saturated heterocycles. The summed E-state index contributed by atoms with van der Waals surface area (Å²) in [6.07, 6.45) is 37.4. The molecule has 0 spiro atoms. The first-order chi connectivity index (χ1) is 26.3. The van der Waals surface area contributed by atoms with Gasteiger partial charge in [-0.3, -0.25) is 4.79 Å². The standard InChI is InChI=1S/C45H81NO8/c1-3-5-7-9-11-13-15-16-17-18-19-20-21-22-23-24-25-26-28-30-32-34-39(48)38(37-53-45-44(52)43(51)42(50)40(36-47)54-45)46-41(49)35-33-31-29-27-14-12-10-8-6-4-2/h10,12,21-22,25-26,32,34,38-40,42-45,47-48,50-52H,3-9,11,13-20,23-24,27-31,33,35-37H2,1-2H3,(H,46,49)/b12-10-,22-21+,26-25+,34-32+. The van der Waals surface area contributed by atoms with E-state index in [1.807, 2.05) is 6.08 Å². The molecule has 0 radical (unpaired) electrons. The third kappa shape index (κ3) is 26.1. The van der Waals surface area contributed by atoms with E-state index in [2.05, 4.69) is 55.6 Å². The van der Waals surface area contributed by atoms with E-state index in [0.29, 0.717) is 6.42 Å². The van der Waals surface area contributed by atoms with Crippen molar-refractivity contribution in [2.24, 2.45) is 0 Å². The first-order valence-electron chi connectivity index (χ1n) is 21.9. The Hall–Kier alpha value is -1.85. The Morgan fingerprint density at radius 1 is 0.611 bits per heavy atom. The van der Waals surface area contributed by atoms with Gasteiger partial charge in [0.25, 0.3) is 0 Å².